The molecule has 1 aromatic carbocycles. The average Bonchev–Trinajstić information content (AvgIpc) is 3.20. The topological polar surface area (TPSA) is 46.8 Å². The first-order chi connectivity index (χ1) is 16.3. The van der Waals surface area contributed by atoms with E-state index in [1.165, 1.54) is 44.6 Å². The summed E-state index contributed by atoms with van der Waals surface area (Å²) >= 11 is 0. The Morgan fingerprint density at radius 2 is 1.62 bits per heavy atom. The molecule has 34 heavy (non-hydrogen) atoms. The molecule has 0 radical (unpaired) electrons. The van der Waals surface area contributed by atoms with Gasteiger partial charge in [-0.1, -0.05) is 0 Å². The summed E-state index contributed by atoms with van der Waals surface area (Å²) in [4.78, 5) is 11.9. The zero-order valence-corrected chi connectivity index (χ0v) is 21.1. The van der Waals surface area contributed by atoms with Crippen LogP contribution in [0.4, 0.5) is 10.2 Å². The van der Waals surface area contributed by atoms with Crippen LogP contribution in [0.3, 0.4) is 0 Å². The Balaban J connectivity index is 1.51. The number of benzene rings is 1. The summed E-state index contributed by atoms with van der Waals surface area (Å²) in [6, 6.07) is 9.85. The number of fused-ring (bicyclic) bond motifs is 3. The fraction of sp³-hybridized carbons (Fsp3) is 0.536. The van der Waals surface area contributed by atoms with Crippen molar-refractivity contribution in [2.75, 3.05) is 4.90 Å². The molecule has 6 rings (SSSR count). The molecule has 3 aromatic rings. The van der Waals surface area contributed by atoms with Gasteiger partial charge in [-0.3, -0.25) is 4.68 Å². The van der Waals surface area contributed by atoms with Crippen LogP contribution >= 0.6 is 0 Å². The van der Waals surface area contributed by atoms with Crippen molar-refractivity contribution < 1.29 is 4.39 Å². The number of hydrogen-bond donors (Lipinski definition) is 0. The molecule has 3 fully saturated rings. The predicted molar refractivity (Wildman–Crippen MR) is 135 cm³/mol. The third kappa shape index (κ3) is 4.12. The van der Waals surface area contributed by atoms with Gasteiger partial charge >= 0.3 is 0 Å². The van der Waals surface area contributed by atoms with Gasteiger partial charge in [0.15, 0.2) is 5.82 Å². The minimum absolute atomic E-state index is 0.176. The SMILES string of the molecule is CC(C)N(c1cc(-c2cc(F)cc(-c3nccc(C45CCC(CC4)CC5)n3)c2)nn1C)C(C)C. The van der Waals surface area contributed by atoms with Gasteiger partial charge in [-0.05, 0) is 96.4 Å². The number of hydrogen-bond acceptors (Lipinski definition) is 4. The minimum atomic E-state index is -0.297. The Morgan fingerprint density at radius 1 is 0.971 bits per heavy atom. The number of nitrogens with zero attached hydrogens (tertiary/aromatic N) is 5. The van der Waals surface area contributed by atoms with Crippen LogP contribution in [-0.2, 0) is 12.5 Å². The normalized spacial score (nSPS) is 22.1. The first kappa shape index (κ1) is 23.0. The standard InChI is InChI=1S/C28H36FN5/c1-18(2)34(19(3)4)26-17-24(32-33(26)5)21-14-22(16-23(29)15-21)27-30-13-9-25(31-27)28-10-6-20(7-11-28)8-12-28/h9,13-20H,6-8,10-12H2,1-5H3. The Labute approximate surface area is 202 Å². The van der Waals surface area contributed by atoms with E-state index in [0.717, 1.165) is 28.7 Å². The molecule has 2 bridgehead atoms. The highest BCUT2D eigenvalue weighted by atomic mass is 19.1. The third-order valence-electron chi connectivity index (χ3n) is 7.98. The van der Waals surface area contributed by atoms with Crippen molar-refractivity contribution in [1.29, 1.82) is 0 Å². The Bertz CT molecular complexity index is 1150. The van der Waals surface area contributed by atoms with E-state index >= 15 is 0 Å². The lowest BCUT2D eigenvalue weighted by Gasteiger charge is -2.46. The summed E-state index contributed by atoms with van der Waals surface area (Å²) < 4.78 is 16.7. The molecular weight excluding hydrogens is 425 g/mol. The van der Waals surface area contributed by atoms with Gasteiger partial charge in [-0.15, -0.1) is 0 Å². The summed E-state index contributed by atoms with van der Waals surface area (Å²) in [6.45, 7) is 8.70. The van der Waals surface area contributed by atoms with Crippen LogP contribution in [0.2, 0.25) is 0 Å². The highest BCUT2D eigenvalue weighted by molar-refractivity contribution is 5.70. The van der Waals surface area contributed by atoms with Gasteiger partial charge in [0, 0.05) is 47.9 Å². The van der Waals surface area contributed by atoms with E-state index < -0.39 is 0 Å². The lowest BCUT2D eigenvalue weighted by molar-refractivity contribution is 0.132. The second-order valence-corrected chi connectivity index (χ2v) is 10.9. The van der Waals surface area contributed by atoms with Crippen molar-refractivity contribution in [3.05, 3.63) is 48.0 Å². The van der Waals surface area contributed by atoms with E-state index in [4.69, 9.17) is 10.1 Å². The van der Waals surface area contributed by atoms with Crippen LogP contribution < -0.4 is 4.90 Å². The maximum Gasteiger partial charge on any atom is 0.159 e. The molecule has 3 saturated carbocycles. The van der Waals surface area contributed by atoms with E-state index in [2.05, 4.69) is 49.7 Å². The largest absolute Gasteiger partial charge is 0.352 e. The van der Waals surface area contributed by atoms with Crippen molar-refractivity contribution in [2.45, 2.75) is 83.7 Å². The summed E-state index contributed by atoms with van der Waals surface area (Å²) in [5, 5.41) is 4.73. The molecule has 2 heterocycles. The fourth-order valence-electron chi connectivity index (χ4n) is 6.26. The van der Waals surface area contributed by atoms with E-state index in [1.54, 1.807) is 6.07 Å². The summed E-state index contributed by atoms with van der Waals surface area (Å²) in [7, 11) is 1.95. The second kappa shape index (κ2) is 8.79. The number of anilines is 1. The summed E-state index contributed by atoms with van der Waals surface area (Å²) in [5.74, 6) is 2.23. The molecule has 0 N–H and O–H groups in total. The number of aromatic nitrogens is 4. The Hall–Kier alpha value is -2.76. The van der Waals surface area contributed by atoms with Gasteiger partial charge in [-0.2, -0.15) is 5.10 Å². The van der Waals surface area contributed by atoms with Gasteiger partial charge in [0.1, 0.15) is 11.6 Å². The lowest BCUT2D eigenvalue weighted by Crippen LogP contribution is -2.38. The Morgan fingerprint density at radius 3 is 2.26 bits per heavy atom. The van der Waals surface area contributed by atoms with Gasteiger partial charge in [0.05, 0.1) is 11.4 Å². The van der Waals surface area contributed by atoms with Crippen LogP contribution in [0.15, 0.2) is 36.5 Å². The van der Waals surface area contributed by atoms with Crippen LogP contribution in [0.1, 0.15) is 71.9 Å². The molecule has 3 aliphatic rings. The quantitative estimate of drug-likeness (QED) is 0.419. The lowest BCUT2D eigenvalue weighted by atomic mass is 9.59. The van der Waals surface area contributed by atoms with Crippen molar-refractivity contribution in [3.8, 4) is 22.6 Å². The van der Waals surface area contributed by atoms with Crippen molar-refractivity contribution >= 4 is 5.82 Å². The molecular formula is C28H36FN5. The monoisotopic (exact) mass is 461 g/mol. The first-order valence-electron chi connectivity index (χ1n) is 12.7. The molecule has 2 aromatic heterocycles. The van der Waals surface area contributed by atoms with Gasteiger partial charge in [-0.25, -0.2) is 14.4 Å². The van der Waals surface area contributed by atoms with Crippen molar-refractivity contribution in [1.82, 2.24) is 19.7 Å². The number of aryl methyl sites for hydroxylation is 1. The van der Waals surface area contributed by atoms with Gasteiger partial charge in [0.2, 0.25) is 0 Å². The van der Waals surface area contributed by atoms with Crippen LogP contribution in [0, 0.1) is 11.7 Å². The van der Waals surface area contributed by atoms with E-state index in [0.29, 0.717) is 23.5 Å². The molecule has 5 nitrogen and oxygen atoms in total. The zero-order valence-electron chi connectivity index (χ0n) is 21.1. The van der Waals surface area contributed by atoms with Gasteiger partial charge in [0.25, 0.3) is 0 Å². The third-order valence-corrected chi connectivity index (χ3v) is 7.98. The molecule has 6 heteroatoms. The smallest absolute Gasteiger partial charge is 0.159 e. The molecule has 180 valence electrons. The van der Waals surface area contributed by atoms with Crippen LogP contribution in [-0.4, -0.2) is 31.8 Å². The van der Waals surface area contributed by atoms with Crippen molar-refractivity contribution in [2.24, 2.45) is 13.0 Å². The Kier molecular flexibility index (Phi) is 5.95. The maximum atomic E-state index is 14.8. The first-order valence-corrected chi connectivity index (χ1v) is 12.7. The predicted octanol–water partition coefficient (Wildman–Crippen LogP) is 6.53. The molecule has 0 aliphatic heterocycles. The van der Waals surface area contributed by atoms with E-state index in [9.17, 15) is 4.39 Å². The molecule has 3 aliphatic carbocycles. The van der Waals surface area contributed by atoms with Crippen LogP contribution in [0.5, 0.6) is 0 Å². The highest BCUT2D eigenvalue weighted by Gasteiger charge is 2.42. The molecule has 0 atom stereocenters. The van der Waals surface area contributed by atoms with E-state index in [-0.39, 0.29) is 11.2 Å². The highest BCUT2D eigenvalue weighted by Crippen LogP contribution is 2.51. The molecule has 0 amide bonds. The van der Waals surface area contributed by atoms with E-state index in [1.807, 2.05) is 24.0 Å². The zero-order chi connectivity index (χ0) is 24.0. The van der Waals surface area contributed by atoms with Crippen molar-refractivity contribution in [3.63, 3.8) is 0 Å². The minimum Gasteiger partial charge on any atom is -0.352 e. The van der Waals surface area contributed by atoms with Crippen LogP contribution in [0.25, 0.3) is 22.6 Å². The molecule has 0 spiro atoms. The average molecular weight is 462 g/mol. The fourth-order valence-corrected chi connectivity index (χ4v) is 6.26. The van der Waals surface area contributed by atoms with Gasteiger partial charge < -0.3 is 4.90 Å². The molecule has 0 unspecified atom stereocenters. The summed E-state index contributed by atoms with van der Waals surface area (Å²) in [6.07, 6.45) is 9.38. The number of rotatable bonds is 6. The maximum absolute atomic E-state index is 14.8. The number of halogens is 1. The summed E-state index contributed by atoms with van der Waals surface area (Å²) in [5.41, 5.74) is 3.51. The molecule has 0 saturated heterocycles. The second-order valence-electron chi connectivity index (χ2n) is 10.9.